The number of halogens is 1. The number of carbonyl (C=O) groups is 2. The molecule has 2 aromatic heterocycles. The van der Waals surface area contributed by atoms with E-state index in [2.05, 4.69) is 31.3 Å². The molecule has 0 bridgehead atoms. The number of amides is 2. The van der Waals surface area contributed by atoms with Crippen LogP contribution < -0.4 is 10.6 Å². The lowest BCUT2D eigenvalue weighted by molar-refractivity contribution is -0.116. The van der Waals surface area contributed by atoms with Gasteiger partial charge in [0.1, 0.15) is 18.1 Å². The normalized spacial score (nSPS) is 10.6. The Morgan fingerprint density at radius 1 is 1.10 bits per heavy atom. The van der Waals surface area contributed by atoms with Gasteiger partial charge in [-0.05, 0) is 53.7 Å². The molecule has 2 amide bonds. The fourth-order valence-electron chi connectivity index (χ4n) is 2.83. The third kappa shape index (κ3) is 4.61. The summed E-state index contributed by atoms with van der Waals surface area (Å²) in [4.78, 5) is 24.9. The number of anilines is 2. The number of rotatable bonds is 6. The van der Waals surface area contributed by atoms with Crippen LogP contribution in [0.4, 0.5) is 15.9 Å². The van der Waals surface area contributed by atoms with Crippen LogP contribution in [0.15, 0.2) is 59.1 Å². The molecule has 0 saturated carbocycles. The van der Waals surface area contributed by atoms with E-state index in [4.69, 9.17) is 4.52 Å². The molecular formula is C20H16FN7O3. The largest absolute Gasteiger partial charge is 0.360 e. The second kappa shape index (κ2) is 8.53. The monoisotopic (exact) mass is 421 g/mol. The molecule has 0 aliphatic heterocycles. The van der Waals surface area contributed by atoms with Crippen molar-refractivity contribution in [1.29, 1.82) is 0 Å². The highest BCUT2D eigenvalue weighted by molar-refractivity contribution is 6.06. The van der Waals surface area contributed by atoms with E-state index in [1.165, 1.54) is 28.9 Å². The van der Waals surface area contributed by atoms with E-state index in [1.54, 1.807) is 37.3 Å². The van der Waals surface area contributed by atoms with Crippen LogP contribution in [-0.4, -0.2) is 37.2 Å². The number of para-hydroxylation sites is 1. The maximum atomic E-state index is 13.1. The van der Waals surface area contributed by atoms with E-state index in [1.807, 2.05) is 0 Å². The van der Waals surface area contributed by atoms with E-state index < -0.39 is 17.6 Å². The molecule has 2 aromatic carbocycles. The first-order chi connectivity index (χ1) is 15.0. The van der Waals surface area contributed by atoms with Crippen molar-refractivity contribution in [3.63, 3.8) is 0 Å². The van der Waals surface area contributed by atoms with E-state index in [0.717, 1.165) is 0 Å². The molecule has 0 aliphatic rings. The van der Waals surface area contributed by atoms with Crippen LogP contribution >= 0.6 is 0 Å². The molecule has 2 heterocycles. The minimum absolute atomic E-state index is 0.186. The van der Waals surface area contributed by atoms with Crippen molar-refractivity contribution in [3.8, 4) is 11.4 Å². The minimum atomic E-state index is -0.435. The molecule has 11 heteroatoms. The average molecular weight is 421 g/mol. The maximum absolute atomic E-state index is 13.1. The van der Waals surface area contributed by atoms with Gasteiger partial charge in [-0.15, -0.1) is 5.10 Å². The molecule has 4 rings (SSSR count). The zero-order valence-electron chi connectivity index (χ0n) is 16.2. The number of hydrogen-bond acceptors (Lipinski definition) is 7. The van der Waals surface area contributed by atoms with Crippen molar-refractivity contribution in [1.82, 2.24) is 25.4 Å². The van der Waals surface area contributed by atoms with Gasteiger partial charge in [0.25, 0.3) is 5.91 Å². The Morgan fingerprint density at radius 3 is 2.61 bits per heavy atom. The molecule has 156 valence electrons. The van der Waals surface area contributed by atoms with Gasteiger partial charge in [-0.3, -0.25) is 9.59 Å². The van der Waals surface area contributed by atoms with Gasteiger partial charge in [0.2, 0.25) is 5.91 Å². The molecule has 31 heavy (non-hydrogen) atoms. The average Bonchev–Trinajstić information content (AvgIpc) is 3.37. The molecule has 0 aliphatic carbocycles. The first-order valence-corrected chi connectivity index (χ1v) is 9.15. The number of aromatic nitrogens is 5. The van der Waals surface area contributed by atoms with E-state index in [0.29, 0.717) is 17.0 Å². The van der Waals surface area contributed by atoms with E-state index in [-0.39, 0.29) is 23.8 Å². The van der Waals surface area contributed by atoms with Crippen LogP contribution in [0.1, 0.15) is 16.1 Å². The molecule has 0 fully saturated rings. The predicted molar refractivity (Wildman–Crippen MR) is 107 cm³/mol. The molecule has 0 radical (unpaired) electrons. The van der Waals surface area contributed by atoms with Gasteiger partial charge in [0.15, 0.2) is 11.6 Å². The minimum Gasteiger partial charge on any atom is -0.360 e. The van der Waals surface area contributed by atoms with Crippen molar-refractivity contribution in [2.75, 3.05) is 10.6 Å². The second-order valence-corrected chi connectivity index (χ2v) is 6.54. The third-order valence-corrected chi connectivity index (χ3v) is 4.24. The number of benzene rings is 2. The Morgan fingerprint density at radius 2 is 1.87 bits per heavy atom. The number of hydrogen-bond donors (Lipinski definition) is 2. The standard InChI is InChI=1S/C20H16FN7O3/c1-12-10-17(25-31-12)23-18(29)11-28-19(24-26-27-28)15-4-2-3-5-16(15)22-20(30)13-6-8-14(21)9-7-13/h2-10H,11H2,1H3,(H,22,30)(H,23,25,29). The van der Waals surface area contributed by atoms with E-state index in [9.17, 15) is 14.0 Å². The van der Waals surface area contributed by atoms with Crippen molar-refractivity contribution >= 4 is 23.3 Å². The molecule has 0 saturated heterocycles. The highest BCUT2D eigenvalue weighted by Gasteiger charge is 2.18. The van der Waals surface area contributed by atoms with Gasteiger partial charge >= 0.3 is 0 Å². The highest BCUT2D eigenvalue weighted by atomic mass is 19.1. The highest BCUT2D eigenvalue weighted by Crippen LogP contribution is 2.26. The Kier molecular flexibility index (Phi) is 5.47. The van der Waals surface area contributed by atoms with Crippen molar-refractivity contribution in [3.05, 3.63) is 71.7 Å². The Labute approximate surface area is 175 Å². The molecular weight excluding hydrogens is 405 g/mol. The summed E-state index contributed by atoms with van der Waals surface area (Å²) in [5.41, 5.74) is 1.23. The summed E-state index contributed by atoms with van der Waals surface area (Å²) in [7, 11) is 0. The Balaban J connectivity index is 1.54. The summed E-state index contributed by atoms with van der Waals surface area (Å²) in [5, 5.41) is 20.6. The third-order valence-electron chi connectivity index (χ3n) is 4.24. The van der Waals surface area contributed by atoms with Gasteiger partial charge in [0.05, 0.1) is 5.69 Å². The summed E-state index contributed by atoms with van der Waals surface area (Å²) in [6.07, 6.45) is 0. The van der Waals surface area contributed by atoms with Gasteiger partial charge in [0, 0.05) is 17.2 Å². The summed E-state index contributed by atoms with van der Waals surface area (Å²) in [6.45, 7) is 1.52. The van der Waals surface area contributed by atoms with E-state index >= 15 is 0 Å². The molecule has 2 N–H and O–H groups in total. The van der Waals surface area contributed by atoms with Crippen molar-refractivity contribution in [2.45, 2.75) is 13.5 Å². The first-order valence-electron chi connectivity index (χ1n) is 9.15. The van der Waals surface area contributed by atoms with Gasteiger partial charge in [-0.25, -0.2) is 9.07 Å². The SMILES string of the molecule is Cc1cc(NC(=O)Cn2nnnc2-c2ccccc2NC(=O)c2ccc(F)cc2)no1. The fourth-order valence-corrected chi connectivity index (χ4v) is 2.83. The van der Waals surface area contributed by atoms with Gasteiger partial charge in [-0.1, -0.05) is 17.3 Å². The smallest absolute Gasteiger partial charge is 0.255 e. The summed E-state index contributed by atoms with van der Waals surface area (Å²) >= 11 is 0. The Bertz CT molecular complexity index is 1230. The van der Waals surface area contributed by atoms with Crippen molar-refractivity contribution < 1.29 is 18.5 Å². The molecule has 0 unspecified atom stereocenters. The van der Waals surface area contributed by atoms with Crippen LogP contribution in [0.3, 0.4) is 0 Å². The quantitative estimate of drug-likeness (QED) is 0.490. The van der Waals surface area contributed by atoms with Gasteiger partial charge in [-0.2, -0.15) is 0 Å². The zero-order chi connectivity index (χ0) is 21.8. The number of carbonyl (C=O) groups excluding carboxylic acids is 2. The lowest BCUT2D eigenvalue weighted by Crippen LogP contribution is -2.20. The molecule has 10 nitrogen and oxygen atoms in total. The Hall–Kier alpha value is -4.41. The first kappa shape index (κ1) is 19.9. The molecule has 4 aromatic rings. The number of nitrogens with zero attached hydrogens (tertiary/aromatic N) is 5. The summed E-state index contributed by atoms with van der Waals surface area (Å²) < 4.78 is 19.3. The summed E-state index contributed by atoms with van der Waals surface area (Å²) in [5.74, 6) is -0.148. The topological polar surface area (TPSA) is 128 Å². The van der Waals surface area contributed by atoms with Crippen LogP contribution in [0.2, 0.25) is 0 Å². The fraction of sp³-hybridized carbons (Fsp3) is 0.100. The lowest BCUT2D eigenvalue weighted by Gasteiger charge is -2.11. The molecule has 0 spiro atoms. The summed E-state index contributed by atoms with van der Waals surface area (Å²) in [6, 6.07) is 13.6. The van der Waals surface area contributed by atoms with Crippen molar-refractivity contribution in [2.24, 2.45) is 0 Å². The second-order valence-electron chi connectivity index (χ2n) is 6.54. The lowest BCUT2D eigenvalue weighted by atomic mass is 10.1. The van der Waals surface area contributed by atoms with Crippen LogP contribution in [0, 0.1) is 12.7 Å². The number of nitrogens with one attached hydrogen (secondary N) is 2. The van der Waals surface area contributed by atoms with Crippen LogP contribution in [0.25, 0.3) is 11.4 Å². The zero-order valence-corrected chi connectivity index (χ0v) is 16.2. The van der Waals surface area contributed by atoms with Crippen LogP contribution in [0.5, 0.6) is 0 Å². The number of aryl methyl sites for hydroxylation is 1. The molecule has 0 atom stereocenters. The maximum Gasteiger partial charge on any atom is 0.255 e. The predicted octanol–water partition coefficient (Wildman–Crippen LogP) is 2.67. The van der Waals surface area contributed by atoms with Crippen LogP contribution in [-0.2, 0) is 11.3 Å². The number of tetrazole rings is 1. The van der Waals surface area contributed by atoms with Gasteiger partial charge < -0.3 is 15.2 Å².